The summed E-state index contributed by atoms with van der Waals surface area (Å²) < 4.78 is 6.37. The minimum Gasteiger partial charge on any atom is -0.471 e. The minimum atomic E-state index is -0.171. The minimum absolute atomic E-state index is 0.0799. The van der Waals surface area contributed by atoms with Crippen LogP contribution in [0.3, 0.4) is 0 Å². The molecule has 2 nitrogen and oxygen atoms in total. The van der Waals surface area contributed by atoms with E-state index in [1.807, 2.05) is 18.2 Å². The second-order valence-electron chi connectivity index (χ2n) is 6.62. The fourth-order valence-electron chi connectivity index (χ4n) is 3.77. The molecule has 2 heteroatoms. The van der Waals surface area contributed by atoms with Crippen LogP contribution in [0.5, 0.6) is 5.75 Å². The number of fused-ring (bicyclic) bond motifs is 3. The Morgan fingerprint density at radius 2 is 1.27 bits per heavy atom. The average Bonchev–Trinajstić information content (AvgIpc) is 2.74. The van der Waals surface area contributed by atoms with E-state index in [9.17, 15) is 0 Å². The van der Waals surface area contributed by atoms with Gasteiger partial charge >= 0.3 is 0 Å². The Morgan fingerprint density at radius 3 is 2.04 bits per heavy atom. The number of nitrogens with one attached hydrogen (secondary N) is 1. The standard InChI is InChI=1S/C24H19NO/c1-3-10-18(11-4-1)23-22-20-14-8-7-9-17(20)15-16-21(22)26-24(25-23)19-12-5-2-6-13-19/h1-16,23-25H/t23-,24+/m1/s1. The highest BCUT2D eigenvalue weighted by atomic mass is 16.5. The number of benzene rings is 4. The molecular weight excluding hydrogens is 318 g/mol. The van der Waals surface area contributed by atoms with Crippen molar-refractivity contribution in [3.8, 4) is 5.75 Å². The number of ether oxygens (including phenoxy) is 1. The lowest BCUT2D eigenvalue weighted by molar-refractivity contribution is 0.134. The third-order valence-electron chi connectivity index (χ3n) is 5.02. The second-order valence-corrected chi connectivity index (χ2v) is 6.62. The monoisotopic (exact) mass is 337 g/mol. The van der Waals surface area contributed by atoms with Crippen molar-refractivity contribution in [1.82, 2.24) is 5.32 Å². The average molecular weight is 337 g/mol. The molecule has 0 amide bonds. The summed E-state index contributed by atoms with van der Waals surface area (Å²) in [6.45, 7) is 0. The summed E-state index contributed by atoms with van der Waals surface area (Å²) in [5, 5.41) is 6.18. The molecule has 5 rings (SSSR count). The molecule has 0 bridgehead atoms. The molecule has 0 saturated carbocycles. The van der Waals surface area contributed by atoms with Crippen molar-refractivity contribution in [2.75, 3.05) is 0 Å². The maximum absolute atomic E-state index is 6.37. The van der Waals surface area contributed by atoms with Gasteiger partial charge in [-0.25, -0.2) is 0 Å². The van der Waals surface area contributed by atoms with Gasteiger partial charge in [-0.15, -0.1) is 0 Å². The third-order valence-corrected chi connectivity index (χ3v) is 5.02. The molecule has 4 aromatic carbocycles. The van der Waals surface area contributed by atoms with Crippen LogP contribution < -0.4 is 10.1 Å². The second kappa shape index (κ2) is 6.32. The molecule has 26 heavy (non-hydrogen) atoms. The Balaban J connectivity index is 1.70. The predicted octanol–water partition coefficient (Wildman–Crippen LogP) is 5.61. The zero-order valence-corrected chi connectivity index (χ0v) is 14.3. The van der Waals surface area contributed by atoms with Crippen LogP contribution in [0.25, 0.3) is 10.8 Å². The first-order valence-electron chi connectivity index (χ1n) is 8.94. The highest BCUT2D eigenvalue weighted by Crippen LogP contribution is 2.42. The molecule has 126 valence electrons. The summed E-state index contributed by atoms with van der Waals surface area (Å²) in [5.41, 5.74) is 3.59. The van der Waals surface area contributed by atoms with Crippen molar-refractivity contribution in [3.63, 3.8) is 0 Å². The number of rotatable bonds is 2. The zero-order valence-electron chi connectivity index (χ0n) is 14.3. The van der Waals surface area contributed by atoms with Gasteiger partial charge in [-0.3, -0.25) is 5.32 Å². The van der Waals surface area contributed by atoms with Crippen LogP contribution in [-0.2, 0) is 0 Å². The highest BCUT2D eigenvalue weighted by molar-refractivity contribution is 5.89. The number of hydrogen-bond acceptors (Lipinski definition) is 2. The molecule has 0 spiro atoms. The van der Waals surface area contributed by atoms with Crippen molar-refractivity contribution in [2.45, 2.75) is 12.3 Å². The molecule has 4 aromatic rings. The Hall–Kier alpha value is -3.10. The van der Waals surface area contributed by atoms with Gasteiger partial charge in [0.25, 0.3) is 0 Å². The van der Waals surface area contributed by atoms with Crippen molar-refractivity contribution in [1.29, 1.82) is 0 Å². The summed E-state index contributed by atoms with van der Waals surface area (Å²) in [4.78, 5) is 0. The third kappa shape index (κ3) is 2.56. The molecule has 1 heterocycles. The molecular formula is C24H19NO. The van der Waals surface area contributed by atoms with Crippen LogP contribution in [0.4, 0.5) is 0 Å². The lowest BCUT2D eigenvalue weighted by Crippen LogP contribution is -2.35. The molecule has 1 aliphatic heterocycles. The summed E-state index contributed by atoms with van der Waals surface area (Å²) in [6.07, 6.45) is -0.171. The summed E-state index contributed by atoms with van der Waals surface area (Å²) >= 11 is 0. The Morgan fingerprint density at radius 1 is 0.615 bits per heavy atom. The van der Waals surface area contributed by atoms with E-state index in [0.29, 0.717) is 0 Å². The molecule has 0 aromatic heterocycles. The fourth-order valence-corrected chi connectivity index (χ4v) is 3.77. The van der Waals surface area contributed by atoms with Gasteiger partial charge in [-0.1, -0.05) is 91.0 Å². The highest BCUT2D eigenvalue weighted by Gasteiger charge is 2.30. The molecule has 2 atom stereocenters. The van der Waals surface area contributed by atoms with E-state index in [4.69, 9.17) is 4.74 Å². The van der Waals surface area contributed by atoms with E-state index in [0.717, 1.165) is 11.3 Å². The van der Waals surface area contributed by atoms with Crippen LogP contribution >= 0.6 is 0 Å². The SMILES string of the molecule is c1ccc([C@H]2N[C@H](c3ccccc3)Oc3ccc4ccccc4c32)cc1. The smallest absolute Gasteiger partial charge is 0.177 e. The van der Waals surface area contributed by atoms with Crippen molar-refractivity contribution >= 4 is 10.8 Å². The molecule has 0 fully saturated rings. The maximum atomic E-state index is 6.37. The lowest BCUT2D eigenvalue weighted by Gasteiger charge is -2.35. The van der Waals surface area contributed by atoms with Gasteiger partial charge in [0.2, 0.25) is 0 Å². The van der Waals surface area contributed by atoms with Gasteiger partial charge in [0, 0.05) is 11.1 Å². The fraction of sp³-hybridized carbons (Fsp3) is 0.0833. The van der Waals surface area contributed by atoms with E-state index in [1.54, 1.807) is 0 Å². The first-order valence-corrected chi connectivity index (χ1v) is 8.94. The van der Waals surface area contributed by atoms with Gasteiger partial charge in [0.1, 0.15) is 5.75 Å². The Labute approximate surface area is 153 Å². The summed E-state index contributed by atoms with van der Waals surface area (Å²) in [5.74, 6) is 0.949. The summed E-state index contributed by atoms with van der Waals surface area (Å²) in [7, 11) is 0. The van der Waals surface area contributed by atoms with Gasteiger partial charge in [-0.2, -0.15) is 0 Å². The molecule has 0 radical (unpaired) electrons. The molecule has 0 saturated heterocycles. The van der Waals surface area contributed by atoms with E-state index < -0.39 is 0 Å². The van der Waals surface area contributed by atoms with E-state index in [2.05, 4.69) is 84.2 Å². The summed E-state index contributed by atoms with van der Waals surface area (Å²) in [6, 6.07) is 33.8. The van der Waals surface area contributed by atoms with Crippen LogP contribution in [0.2, 0.25) is 0 Å². The van der Waals surface area contributed by atoms with Crippen molar-refractivity contribution in [2.24, 2.45) is 0 Å². The lowest BCUT2D eigenvalue weighted by atomic mass is 9.91. The van der Waals surface area contributed by atoms with Gasteiger partial charge in [0.15, 0.2) is 6.23 Å². The van der Waals surface area contributed by atoms with Crippen LogP contribution in [-0.4, -0.2) is 0 Å². The Bertz CT molecular complexity index is 1040. The van der Waals surface area contributed by atoms with E-state index >= 15 is 0 Å². The van der Waals surface area contributed by atoms with E-state index in [-0.39, 0.29) is 12.3 Å². The van der Waals surface area contributed by atoms with Gasteiger partial charge in [-0.05, 0) is 22.4 Å². The Kier molecular flexibility index (Phi) is 3.69. The molecule has 0 unspecified atom stereocenters. The van der Waals surface area contributed by atoms with Crippen LogP contribution in [0, 0.1) is 0 Å². The molecule has 1 aliphatic rings. The van der Waals surface area contributed by atoms with Crippen LogP contribution in [0.15, 0.2) is 97.1 Å². The van der Waals surface area contributed by atoms with Gasteiger partial charge in [0.05, 0.1) is 6.04 Å². The zero-order chi connectivity index (χ0) is 17.3. The first kappa shape index (κ1) is 15.2. The predicted molar refractivity (Wildman–Crippen MR) is 105 cm³/mol. The van der Waals surface area contributed by atoms with Crippen molar-refractivity contribution in [3.05, 3.63) is 114 Å². The molecule has 1 N–H and O–H groups in total. The van der Waals surface area contributed by atoms with Gasteiger partial charge < -0.3 is 4.74 Å². The topological polar surface area (TPSA) is 21.3 Å². The molecule has 0 aliphatic carbocycles. The first-order chi connectivity index (χ1) is 12.9. The largest absolute Gasteiger partial charge is 0.471 e. The number of hydrogen-bond donors (Lipinski definition) is 1. The van der Waals surface area contributed by atoms with E-state index in [1.165, 1.54) is 21.9 Å². The maximum Gasteiger partial charge on any atom is 0.177 e. The quantitative estimate of drug-likeness (QED) is 0.513. The van der Waals surface area contributed by atoms with Crippen LogP contribution in [0.1, 0.15) is 29.0 Å². The normalized spacial score (nSPS) is 18.9. The van der Waals surface area contributed by atoms with Crippen molar-refractivity contribution < 1.29 is 4.74 Å².